The fraction of sp³-hybridized carbons (Fsp3) is 0.188. The Kier molecular flexibility index (Phi) is 5.49. The molecule has 6 heteroatoms. The highest BCUT2D eigenvalue weighted by atomic mass is 35.5. The van der Waals surface area contributed by atoms with E-state index < -0.39 is 0 Å². The molecule has 0 amide bonds. The summed E-state index contributed by atoms with van der Waals surface area (Å²) in [6, 6.07) is 12.9. The number of hydrogen-bond acceptors (Lipinski definition) is 3. The molecule has 0 aromatic heterocycles. The van der Waals surface area contributed by atoms with E-state index in [2.05, 4.69) is 10.3 Å². The summed E-state index contributed by atoms with van der Waals surface area (Å²) in [5.74, 6) is 1.65. The van der Waals surface area contributed by atoms with Crippen molar-refractivity contribution in [1.82, 2.24) is 0 Å². The average molecular weight is 320 g/mol. The van der Waals surface area contributed by atoms with Gasteiger partial charge in [0, 0.05) is 11.1 Å². The van der Waals surface area contributed by atoms with Gasteiger partial charge in [0.1, 0.15) is 11.5 Å². The molecular weight excluding hydrogens is 302 g/mol. The maximum atomic E-state index is 5.92. The summed E-state index contributed by atoms with van der Waals surface area (Å²) in [7, 11) is 3.19. The number of methoxy groups -OCH3 is 2. The Hall–Kier alpha value is -2.40. The van der Waals surface area contributed by atoms with E-state index in [1.807, 2.05) is 30.3 Å². The molecule has 0 aliphatic rings. The van der Waals surface area contributed by atoms with Crippen LogP contribution in [0.15, 0.2) is 47.5 Å². The highest BCUT2D eigenvalue weighted by Crippen LogP contribution is 2.28. The minimum Gasteiger partial charge on any atom is -0.497 e. The topological polar surface area (TPSA) is 68.9 Å². The second-order valence-corrected chi connectivity index (χ2v) is 4.96. The summed E-state index contributed by atoms with van der Waals surface area (Å²) in [6.07, 6.45) is 0. The highest BCUT2D eigenvalue weighted by Gasteiger charge is 2.06. The van der Waals surface area contributed by atoms with E-state index in [-0.39, 0.29) is 0 Å². The lowest BCUT2D eigenvalue weighted by atomic mass is 10.2. The quantitative estimate of drug-likeness (QED) is 0.655. The van der Waals surface area contributed by atoms with Crippen molar-refractivity contribution < 1.29 is 9.47 Å². The number of hydrogen-bond donors (Lipinski definition) is 2. The van der Waals surface area contributed by atoms with Crippen molar-refractivity contribution >= 4 is 23.2 Å². The fourth-order valence-corrected chi connectivity index (χ4v) is 1.98. The molecule has 0 aliphatic carbocycles. The molecule has 2 rings (SSSR count). The summed E-state index contributed by atoms with van der Waals surface area (Å²) >= 11 is 5.85. The third kappa shape index (κ3) is 4.30. The molecule has 0 aliphatic heterocycles. The summed E-state index contributed by atoms with van der Waals surface area (Å²) in [6.45, 7) is 0.461. The average Bonchev–Trinajstić information content (AvgIpc) is 2.54. The molecule has 0 unspecified atom stereocenters. The summed E-state index contributed by atoms with van der Waals surface area (Å²) < 4.78 is 10.5. The molecule has 0 atom stereocenters. The van der Waals surface area contributed by atoms with Crippen molar-refractivity contribution in [3.8, 4) is 11.5 Å². The van der Waals surface area contributed by atoms with E-state index >= 15 is 0 Å². The monoisotopic (exact) mass is 319 g/mol. The Morgan fingerprint density at radius 1 is 1.14 bits per heavy atom. The Morgan fingerprint density at radius 2 is 1.86 bits per heavy atom. The van der Waals surface area contributed by atoms with Crippen molar-refractivity contribution in [2.24, 2.45) is 10.7 Å². The number of benzene rings is 2. The maximum absolute atomic E-state index is 5.92. The number of halogens is 1. The molecule has 0 saturated carbocycles. The standard InChI is InChI=1S/C16H18ClN3O2/c1-21-13-7-8-15(22-2)14(9-13)20-16(18)19-10-11-3-5-12(17)6-4-11/h3-9H,10H2,1-2H3,(H3,18,19,20). The van der Waals surface area contributed by atoms with Crippen LogP contribution in [-0.2, 0) is 6.54 Å². The number of anilines is 1. The number of rotatable bonds is 5. The van der Waals surface area contributed by atoms with E-state index in [1.54, 1.807) is 26.4 Å². The zero-order chi connectivity index (χ0) is 15.9. The molecule has 0 bridgehead atoms. The van der Waals surface area contributed by atoms with Gasteiger partial charge in [-0.25, -0.2) is 4.99 Å². The van der Waals surface area contributed by atoms with E-state index in [4.69, 9.17) is 26.8 Å². The molecule has 0 heterocycles. The molecule has 0 saturated heterocycles. The summed E-state index contributed by atoms with van der Waals surface area (Å²) in [5, 5.41) is 3.71. The van der Waals surface area contributed by atoms with Crippen LogP contribution in [0.5, 0.6) is 11.5 Å². The number of nitrogens with zero attached hydrogens (tertiary/aromatic N) is 1. The highest BCUT2D eigenvalue weighted by molar-refractivity contribution is 6.30. The second-order valence-electron chi connectivity index (χ2n) is 4.52. The minimum atomic E-state index is 0.293. The van der Waals surface area contributed by atoms with Crippen LogP contribution in [0, 0.1) is 0 Å². The molecule has 2 aromatic rings. The molecular formula is C16H18ClN3O2. The van der Waals surface area contributed by atoms with Gasteiger partial charge in [-0.05, 0) is 29.8 Å². The zero-order valence-electron chi connectivity index (χ0n) is 12.5. The molecule has 5 nitrogen and oxygen atoms in total. The smallest absolute Gasteiger partial charge is 0.193 e. The molecule has 0 fully saturated rings. The van der Waals surface area contributed by atoms with Crippen LogP contribution in [0.25, 0.3) is 0 Å². The second kappa shape index (κ2) is 7.56. The van der Waals surface area contributed by atoms with Gasteiger partial charge in [0.2, 0.25) is 0 Å². The van der Waals surface area contributed by atoms with Crippen LogP contribution >= 0.6 is 11.6 Å². The van der Waals surface area contributed by atoms with Crippen LogP contribution in [0.4, 0.5) is 5.69 Å². The van der Waals surface area contributed by atoms with Crippen LogP contribution in [0.2, 0.25) is 5.02 Å². The predicted molar refractivity (Wildman–Crippen MR) is 89.9 cm³/mol. The Labute approximate surface area is 134 Å². The van der Waals surface area contributed by atoms with Gasteiger partial charge < -0.3 is 20.5 Å². The summed E-state index contributed by atoms with van der Waals surface area (Å²) in [4.78, 5) is 4.29. The summed E-state index contributed by atoms with van der Waals surface area (Å²) in [5.41, 5.74) is 7.63. The SMILES string of the molecule is COc1ccc(OC)c(NC(N)=NCc2ccc(Cl)cc2)c1. The van der Waals surface area contributed by atoms with Gasteiger partial charge in [0.05, 0.1) is 26.5 Å². The molecule has 116 valence electrons. The fourth-order valence-electron chi connectivity index (χ4n) is 1.86. The Morgan fingerprint density at radius 3 is 2.50 bits per heavy atom. The molecule has 0 spiro atoms. The third-order valence-electron chi connectivity index (χ3n) is 3.01. The number of ether oxygens (including phenoxy) is 2. The number of nitrogens with two attached hydrogens (primary N) is 1. The van der Waals surface area contributed by atoms with E-state index in [0.717, 1.165) is 5.56 Å². The lowest BCUT2D eigenvalue weighted by Gasteiger charge is -2.12. The van der Waals surface area contributed by atoms with Crippen LogP contribution in [0.1, 0.15) is 5.56 Å². The number of nitrogens with one attached hydrogen (secondary N) is 1. The third-order valence-corrected chi connectivity index (χ3v) is 3.27. The van der Waals surface area contributed by atoms with Crippen molar-refractivity contribution in [2.45, 2.75) is 6.54 Å². The van der Waals surface area contributed by atoms with E-state index in [0.29, 0.717) is 34.7 Å². The van der Waals surface area contributed by atoms with Crippen LogP contribution in [-0.4, -0.2) is 20.2 Å². The van der Waals surface area contributed by atoms with Crippen LogP contribution in [0.3, 0.4) is 0 Å². The van der Waals surface area contributed by atoms with Gasteiger partial charge in [0.25, 0.3) is 0 Å². The zero-order valence-corrected chi connectivity index (χ0v) is 13.2. The van der Waals surface area contributed by atoms with Gasteiger partial charge in [0.15, 0.2) is 5.96 Å². The first kappa shape index (κ1) is 16.0. The molecule has 0 radical (unpaired) electrons. The van der Waals surface area contributed by atoms with E-state index in [1.165, 1.54) is 0 Å². The Bertz CT molecular complexity index is 657. The first-order chi connectivity index (χ1) is 10.6. The van der Waals surface area contributed by atoms with Crippen molar-refractivity contribution in [2.75, 3.05) is 19.5 Å². The first-order valence-electron chi connectivity index (χ1n) is 6.66. The van der Waals surface area contributed by atoms with Crippen LogP contribution < -0.4 is 20.5 Å². The van der Waals surface area contributed by atoms with Crippen molar-refractivity contribution in [3.63, 3.8) is 0 Å². The lowest BCUT2D eigenvalue weighted by molar-refractivity contribution is 0.405. The normalized spacial score (nSPS) is 11.1. The Balaban J connectivity index is 2.08. The van der Waals surface area contributed by atoms with Crippen molar-refractivity contribution in [3.05, 3.63) is 53.1 Å². The minimum absolute atomic E-state index is 0.293. The molecule has 3 N–H and O–H groups in total. The van der Waals surface area contributed by atoms with Gasteiger partial charge in [-0.2, -0.15) is 0 Å². The largest absolute Gasteiger partial charge is 0.497 e. The van der Waals surface area contributed by atoms with Gasteiger partial charge >= 0.3 is 0 Å². The van der Waals surface area contributed by atoms with Gasteiger partial charge in [-0.1, -0.05) is 23.7 Å². The predicted octanol–water partition coefficient (Wildman–Crippen LogP) is 3.28. The number of guanidine groups is 1. The number of aliphatic imine (C=N–C) groups is 1. The van der Waals surface area contributed by atoms with E-state index in [9.17, 15) is 0 Å². The first-order valence-corrected chi connectivity index (χ1v) is 7.03. The lowest BCUT2D eigenvalue weighted by Crippen LogP contribution is -2.23. The molecule has 22 heavy (non-hydrogen) atoms. The van der Waals surface area contributed by atoms with Crippen molar-refractivity contribution in [1.29, 1.82) is 0 Å². The maximum Gasteiger partial charge on any atom is 0.193 e. The molecule has 2 aromatic carbocycles. The van der Waals surface area contributed by atoms with Gasteiger partial charge in [-0.15, -0.1) is 0 Å². The van der Waals surface area contributed by atoms with Gasteiger partial charge in [-0.3, -0.25) is 0 Å².